The van der Waals surface area contributed by atoms with Gasteiger partial charge in [-0.25, -0.2) is 13.2 Å². The first-order valence-corrected chi connectivity index (χ1v) is 9.83. The Bertz CT molecular complexity index is 836. The topological polar surface area (TPSA) is 72.5 Å². The van der Waals surface area contributed by atoms with Gasteiger partial charge in [0, 0.05) is 5.69 Å². The summed E-state index contributed by atoms with van der Waals surface area (Å²) in [5, 5.41) is 0. The highest BCUT2D eigenvalue weighted by Crippen LogP contribution is 2.23. The summed E-state index contributed by atoms with van der Waals surface area (Å²) in [6.45, 7) is 1.90. The van der Waals surface area contributed by atoms with Gasteiger partial charge in [0.2, 0.25) is 0 Å². The van der Waals surface area contributed by atoms with Gasteiger partial charge in [0.25, 0.3) is 10.0 Å². The van der Waals surface area contributed by atoms with Crippen molar-refractivity contribution >= 4 is 21.7 Å². The van der Waals surface area contributed by atoms with E-state index in [0.29, 0.717) is 11.3 Å². The van der Waals surface area contributed by atoms with Gasteiger partial charge in [-0.2, -0.15) is 0 Å². The molecule has 2 aromatic carbocycles. The van der Waals surface area contributed by atoms with E-state index >= 15 is 0 Å². The lowest BCUT2D eigenvalue weighted by molar-refractivity contribution is 0.0318. The van der Waals surface area contributed by atoms with Gasteiger partial charge in [0.15, 0.2) is 0 Å². The summed E-state index contributed by atoms with van der Waals surface area (Å²) in [6, 6.07) is 12.9. The van der Waals surface area contributed by atoms with Crippen LogP contribution in [0.15, 0.2) is 53.4 Å². The van der Waals surface area contributed by atoms with Crippen molar-refractivity contribution in [3.63, 3.8) is 0 Å². The highest BCUT2D eigenvalue weighted by molar-refractivity contribution is 7.92. The number of aryl methyl sites for hydroxylation is 1. The standard InChI is InChI=1S/C19H21NO4S/c1-14-6-12-18(13-7-14)25(22,23)20-16-10-8-15(9-11-16)19(21)24-17-4-2-3-5-17/h6-13,17,20H,2-5H2,1H3. The van der Waals surface area contributed by atoms with Crippen LogP contribution in [0.5, 0.6) is 0 Å². The minimum Gasteiger partial charge on any atom is -0.459 e. The van der Waals surface area contributed by atoms with E-state index in [9.17, 15) is 13.2 Å². The van der Waals surface area contributed by atoms with Crippen LogP contribution in [0.25, 0.3) is 0 Å². The molecule has 3 rings (SSSR count). The van der Waals surface area contributed by atoms with Crippen LogP contribution in [-0.2, 0) is 14.8 Å². The average Bonchev–Trinajstić information content (AvgIpc) is 3.08. The number of carbonyl (C=O) groups excluding carboxylic acids is 1. The van der Waals surface area contributed by atoms with E-state index in [1.54, 1.807) is 48.5 Å². The molecule has 0 spiro atoms. The fourth-order valence-corrected chi connectivity index (χ4v) is 3.89. The number of esters is 1. The Morgan fingerprint density at radius 3 is 2.20 bits per heavy atom. The Kier molecular flexibility index (Phi) is 5.08. The summed E-state index contributed by atoms with van der Waals surface area (Å²) in [7, 11) is -3.65. The number of sulfonamides is 1. The van der Waals surface area contributed by atoms with Crippen molar-refractivity contribution in [3.8, 4) is 0 Å². The van der Waals surface area contributed by atoms with Crippen molar-refractivity contribution in [2.75, 3.05) is 4.72 Å². The monoisotopic (exact) mass is 359 g/mol. The quantitative estimate of drug-likeness (QED) is 0.822. The Morgan fingerprint density at radius 2 is 1.60 bits per heavy atom. The number of anilines is 1. The highest BCUT2D eigenvalue weighted by Gasteiger charge is 2.20. The molecule has 132 valence electrons. The van der Waals surface area contributed by atoms with Gasteiger partial charge < -0.3 is 4.74 Å². The third-order valence-electron chi connectivity index (χ3n) is 4.28. The first kappa shape index (κ1) is 17.5. The molecule has 1 aliphatic carbocycles. The number of rotatable bonds is 5. The lowest BCUT2D eigenvalue weighted by Gasteiger charge is -2.12. The van der Waals surface area contributed by atoms with Gasteiger partial charge in [-0.05, 0) is 69.0 Å². The molecule has 0 aromatic heterocycles. The molecule has 1 saturated carbocycles. The molecule has 25 heavy (non-hydrogen) atoms. The fraction of sp³-hybridized carbons (Fsp3) is 0.316. The first-order chi connectivity index (χ1) is 11.9. The SMILES string of the molecule is Cc1ccc(S(=O)(=O)Nc2ccc(C(=O)OC3CCCC3)cc2)cc1. The second kappa shape index (κ2) is 7.27. The molecule has 0 bridgehead atoms. The maximum absolute atomic E-state index is 12.4. The molecule has 1 fully saturated rings. The third-order valence-corrected chi connectivity index (χ3v) is 5.68. The van der Waals surface area contributed by atoms with Gasteiger partial charge in [-0.1, -0.05) is 17.7 Å². The van der Waals surface area contributed by atoms with Crippen LogP contribution in [0.3, 0.4) is 0 Å². The van der Waals surface area contributed by atoms with E-state index < -0.39 is 10.0 Å². The normalized spacial score (nSPS) is 15.1. The van der Waals surface area contributed by atoms with Gasteiger partial charge >= 0.3 is 5.97 Å². The van der Waals surface area contributed by atoms with Crippen molar-refractivity contribution in [2.24, 2.45) is 0 Å². The summed E-state index contributed by atoms with van der Waals surface area (Å²) in [5.41, 5.74) is 1.81. The molecule has 0 saturated heterocycles. The lowest BCUT2D eigenvalue weighted by Crippen LogP contribution is -2.15. The number of nitrogens with one attached hydrogen (secondary N) is 1. The van der Waals surface area contributed by atoms with Crippen LogP contribution < -0.4 is 4.72 Å². The Balaban J connectivity index is 1.67. The smallest absolute Gasteiger partial charge is 0.338 e. The van der Waals surface area contributed by atoms with Crippen LogP contribution in [0.2, 0.25) is 0 Å². The van der Waals surface area contributed by atoms with E-state index in [1.807, 2.05) is 6.92 Å². The maximum atomic E-state index is 12.4. The van der Waals surface area contributed by atoms with Crippen molar-refractivity contribution in [2.45, 2.75) is 43.6 Å². The number of benzene rings is 2. The molecule has 1 aliphatic rings. The minimum atomic E-state index is -3.65. The zero-order valence-electron chi connectivity index (χ0n) is 14.1. The maximum Gasteiger partial charge on any atom is 0.338 e. The summed E-state index contributed by atoms with van der Waals surface area (Å²) in [4.78, 5) is 12.3. The molecule has 0 aliphatic heterocycles. The largest absolute Gasteiger partial charge is 0.459 e. The fourth-order valence-electron chi connectivity index (χ4n) is 2.83. The highest BCUT2D eigenvalue weighted by atomic mass is 32.2. The van der Waals surface area contributed by atoms with Crippen molar-refractivity contribution in [1.29, 1.82) is 0 Å². The number of carbonyl (C=O) groups is 1. The molecule has 5 nitrogen and oxygen atoms in total. The summed E-state index contributed by atoms with van der Waals surface area (Å²) >= 11 is 0. The average molecular weight is 359 g/mol. The van der Waals surface area contributed by atoms with Crippen molar-refractivity contribution < 1.29 is 17.9 Å². The van der Waals surface area contributed by atoms with Crippen LogP contribution in [0, 0.1) is 6.92 Å². The molecule has 0 atom stereocenters. The molecule has 0 unspecified atom stereocenters. The summed E-state index contributed by atoms with van der Waals surface area (Å²) in [6.07, 6.45) is 4.03. The Labute approximate surface area is 148 Å². The van der Waals surface area contributed by atoms with Crippen LogP contribution in [-0.4, -0.2) is 20.5 Å². The van der Waals surface area contributed by atoms with E-state index in [-0.39, 0.29) is 17.0 Å². The molecular formula is C19H21NO4S. The second-order valence-electron chi connectivity index (χ2n) is 6.31. The molecule has 6 heteroatoms. The molecule has 0 amide bonds. The van der Waals surface area contributed by atoms with Crippen LogP contribution in [0.4, 0.5) is 5.69 Å². The number of ether oxygens (including phenoxy) is 1. The van der Waals surface area contributed by atoms with Crippen LogP contribution in [0.1, 0.15) is 41.6 Å². The minimum absolute atomic E-state index is 0.00668. The van der Waals surface area contributed by atoms with E-state index in [2.05, 4.69) is 4.72 Å². The van der Waals surface area contributed by atoms with Crippen LogP contribution >= 0.6 is 0 Å². The molecule has 2 aromatic rings. The summed E-state index contributed by atoms with van der Waals surface area (Å²) < 4.78 is 32.7. The zero-order chi connectivity index (χ0) is 17.9. The predicted molar refractivity (Wildman–Crippen MR) is 96.1 cm³/mol. The first-order valence-electron chi connectivity index (χ1n) is 8.34. The van der Waals surface area contributed by atoms with Gasteiger partial charge in [-0.3, -0.25) is 4.72 Å². The number of hydrogen-bond acceptors (Lipinski definition) is 4. The second-order valence-corrected chi connectivity index (χ2v) is 7.99. The van der Waals surface area contributed by atoms with E-state index in [0.717, 1.165) is 31.2 Å². The third kappa shape index (κ3) is 4.39. The van der Waals surface area contributed by atoms with E-state index in [1.165, 1.54) is 0 Å². The van der Waals surface area contributed by atoms with Gasteiger partial charge in [-0.15, -0.1) is 0 Å². The molecule has 1 N–H and O–H groups in total. The van der Waals surface area contributed by atoms with Gasteiger partial charge in [0.1, 0.15) is 6.10 Å². The molecular weight excluding hydrogens is 338 g/mol. The zero-order valence-corrected chi connectivity index (χ0v) is 14.9. The van der Waals surface area contributed by atoms with Crippen molar-refractivity contribution in [3.05, 3.63) is 59.7 Å². The summed E-state index contributed by atoms with van der Waals surface area (Å²) in [5.74, 6) is -0.361. The van der Waals surface area contributed by atoms with E-state index in [4.69, 9.17) is 4.74 Å². The predicted octanol–water partition coefficient (Wildman–Crippen LogP) is 3.90. The number of hydrogen-bond donors (Lipinski definition) is 1. The lowest BCUT2D eigenvalue weighted by atomic mass is 10.2. The molecule has 0 heterocycles. The Hall–Kier alpha value is -2.34. The van der Waals surface area contributed by atoms with Gasteiger partial charge in [0.05, 0.1) is 10.5 Å². The Morgan fingerprint density at radius 1 is 1.00 bits per heavy atom. The van der Waals surface area contributed by atoms with Crippen molar-refractivity contribution in [1.82, 2.24) is 0 Å². The molecule has 0 radical (unpaired) electrons.